The number of carbonyl (C=O) groups excluding carboxylic acids is 1. The highest BCUT2D eigenvalue weighted by atomic mass is 32.2. The molecule has 0 aromatic heterocycles. The van der Waals surface area contributed by atoms with Crippen molar-refractivity contribution in [3.63, 3.8) is 0 Å². The zero-order valence-corrected chi connectivity index (χ0v) is 21.3. The molecule has 4 rings (SSSR count). The Morgan fingerprint density at radius 1 is 0.676 bits per heavy atom. The molecule has 190 valence electrons. The zero-order chi connectivity index (χ0) is 25.9. The second kappa shape index (κ2) is 12.9. The number of ether oxygens (including phenoxy) is 1. The Balaban J connectivity index is 1.20. The van der Waals surface area contributed by atoms with Gasteiger partial charge in [0.1, 0.15) is 12.4 Å². The largest absolute Gasteiger partial charge is 0.489 e. The summed E-state index contributed by atoms with van der Waals surface area (Å²) in [4.78, 5) is 12.6. The van der Waals surface area contributed by atoms with Crippen molar-refractivity contribution >= 4 is 21.6 Å². The molecule has 0 atom stereocenters. The van der Waals surface area contributed by atoms with Crippen LogP contribution >= 0.6 is 0 Å². The van der Waals surface area contributed by atoms with Gasteiger partial charge in [-0.15, -0.1) is 0 Å². The minimum atomic E-state index is -3.58. The third-order valence-electron chi connectivity index (χ3n) is 5.81. The standard InChI is InChI=1S/C30H30N2O4S/c33-30(32-27-14-16-28(17-15-27)36-23-26-9-5-2-6-10-26)20-13-25-11-18-29(19-12-25)37(34,35)31-22-21-24-7-3-1-4-8-24/h1-12,14-19,31H,13,20-23H2,(H,32,33). The maximum atomic E-state index is 12.6. The van der Waals surface area contributed by atoms with Gasteiger partial charge in [-0.25, -0.2) is 13.1 Å². The highest BCUT2D eigenvalue weighted by Gasteiger charge is 2.13. The van der Waals surface area contributed by atoms with E-state index in [4.69, 9.17) is 4.74 Å². The van der Waals surface area contributed by atoms with Gasteiger partial charge in [0.25, 0.3) is 0 Å². The van der Waals surface area contributed by atoms with Crippen molar-refractivity contribution < 1.29 is 17.9 Å². The fourth-order valence-electron chi connectivity index (χ4n) is 3.75. The van der Waals surface area contributed by atoms with Crippen LogP contribution in [0.4, 0.5) is 5.69 Å². The lowest BCUT2D eigenvalue weighted by Crippen LogP contribution is -2.26. The fraction of sp³-hybridized carbons (Fsp3) is 0.167. The number of hydrogen-bond acceptors (Lipinski definition) is 4. The van der Waals surface area contributed by atoms with Crippen LogP contribution in [0.3, 0.4) is 0 Å². The van der Waals surface area contributed by atoms with Crippen LogP contribution in [-0.2, 0) is 34.3 Å². The van der Waals surface area contributed by atoms with Crippen LogP contribution in [0, 0.1) is 0 Å². The first-order chi connectivity index (χ1) is 18.0. The van der Waals surface area contributed by atoms with E-state index in [1.54, 1.807) is 24.3 Å². The van der Waals surface area contributed by atoms with E-state index in [2.05, 4.69) is 10.0 Å². The minimum absolute atomic E-state index is 0.114. The van der Waals surface area contributed by atoms with Crippen LogP contribution in [-0.4, -0.2) is 20.9 Å². The number of hydrogen-bond donors (Lipinski definition) is 2. The predicted molar refractivity (Wildman–Crippen MR) is 146 cm³/mol. The van der Waals surface area contributed by atoms with Crippen LogP contribution in [0.1, 0.15) is 23.1 Å². The molecule has 0 saturated carbocycles. The van der Waals surface area contributed by atoms with E-state index in [9.17, 15) is 13.2 Å². The number of carbonyl (C=O) groups is 1. The second-order valence-corrected chi connectivity index (χ2v) is 10.4. The molecule has 0 unspecified atom stereocenters. The molecule has 0 aliphatic rings. The average molecular weight is 515 g/mol. The molecule has 1 amide bonds. The Hall–Kier alpha value is -3.94. The van der Waals surface area contributed by atoms with Crippen molar-refractivity contribution in [2.75, 3.05) is 11.9 Å². The molecule has 0 fully saturated rings. The molecule has 7 heteroatoms. The Bertz CT molecular complexity index is 1370. The summed E-state index contributed by atoms with van der Waals surface area (Å²) in [6.45, 7) is 0.810. The van der Waals surface area contributed by atoms with E-state index < -0.39 is 10.0 Å². The van der Waals surface area contributed by atoms with Gasteiger partial charge in [-0.2, -0.15) is 0 Å². The smallest absolute Gasteiger partial charge is 0.240 e. The molecule has 0 radical (unpaired) electrons. The van der Waals surface area contributed by atoms with Crippen molar-refractivity contribution in [1.29, 1.82) is 0 Å². The lowest BCUT2D eigenvalue weighted by molar-refractivity contribution is -0.116. The van der Waals surface area contributed by atoms with Gasteiger partial charge in [0.15, 0.2) is 0 Å². The Kier molecular flexibility index (Phi) is 9.08. The fourth-order valence-corrected chi connectivity index (χ4v) is 4.78. The highest BCUT2D eigenvalue weighted by Crippen LogP contribution is 2.18. The van der Waals surface area contributed by atoms with Gasteiger partial charge in [0, 0.05) is 18.7 Å². The summed E-state index contributed by atoms with van der Waals surface area (Å²) in [5, 5.41) is 2.89. The summed E-state index contributed by atoms with van der Waals surface area (Å²) in [5.41, 5.74) is 3.75. The van der Waals surface area contributed by atoms with Gasteiger partial charge >= 0.3 is 0 Å². The first kappa shape index (κ1) is 26.1. The van der Waals surface area contributed by atoms with Gasteiger partial charge < -0.3 is 10.1 Å². The van der Waals surface area contributed by atoms with Crippen molar-refractivity contribution in [1.82, 2.24) is 4.72 Å². The van der Waals surface area contributed by atoms with E-state index in [1.165, 1.54) is 0 Å². The topological polar surface area (TPSA) is 84.5 Å². The van der Waals surface area contributed by atoms with Crippen molar-refractivity contribution in [3.05, 3.63) is 126 Å². The molecule has 37 heavy (non-hydrogen) atoms. The molecular weight excluding hydrogens is 484 g/mol. The Morgan fingerprint density at radius 2 is 1.27 bits per heavy atom. The highest BCUT2D eigenvalue weighted by molar-refractivity contribution is 7.89. The number of nitrogens with one attached hydrogen (secondary N) is 2. The number of rotatable bonds is 12. The summed E-state index contributed by atoms with van der Waals surface area (Å²) >= 11 is 0. The van der Waals surface area contributed by atoms with Gasteiger partial charge in [-0.1, -0.05) is 72.8 Å². The summed E-state index contributed by atoms with van der Waals surface area (Å²) < 4.78 is 33.5. The van der Waals surface area contributed by atoms with E-state index in [1.807, 2.05) is 84.9 Å². The number of benzene rings is 4. The molecule has 2 N–H and O–H groups in total. The van der Waals surface area contributed by atoms with E-state index in [0.29, 0.717) is 31.7 Å². The molecule has 4 aromatic rings. The molecule has 0 spiro atoms. The van der Waals surface area contributed by atoms with Crippen LogP contribution in [0.25, 0.3) is 0 Å². The van der Waals surface area contributed by atoms with E-state index in [-0.39, 0.29) is 17.2 Å². The molecule has 0 heterocycles. The quantitative estimate of drug-likeness (QED) is 0.267. The van der Waals surface area contributed by atoms with E-state index >= 15 is 0 Å². The summed E-state index contributed by atoms with van der Waals surface area (Å²) in [5.74, 6) is 0.615. The number of amides is 1. The van der Waals surface area contributed by atoms with Gasteiger partial charge in [-0.3, -0.25) is 4.79 Å². The summed E-state index contributed by atoms with van der Waals surface area (Å²) in [7, 11) is -3.58. The molecule has 4 aromatic carbocycles. The van der Waals surface area contributed by atoms with Crippen LogP contribution < -0.4 is 14.8 Å². The molecule has 0 bridgehead atoms. The number of aryl methyl sites for hydroxylation is 1. The Morgan fingerprint density at radius 3 is 1.92 bits per heavy atom. The molecule has 0 aliphatic heterocycles. The number of anilines is 1. The predicted octanol–water partition coefficient (Wildman–Crippen LogP) is 5.36. The van der Waals surface area contributed by atoms with Gasteiger partial charge in [0.2, 0.25) is 15.9 Å². The number of sulfonamides is 1. The molecule has 0 saturated heterocycles. The average Bonchev–Trinajstić information content (AvgIpc) is 2.93. The van der Waals surface area contributed by atoms with Crippen molar-refractivity contribution in [2.45, 2.75) is 30.8 Å². The zero-order valence-electron chi connectivity index (χ0n) is 20.5. The molecule has 6 nitrogen and oxygen atoms in total. The third-order valence-corrected chi connectivity index (χ3v) is 7.29. The molecule has 0 aliphatic carbocycles. The van der Waals surface area contributed by atoms with E-state index in [0.717, 1.165) is 22.4 Å². The first-order valence-electron chi connectivity index (χ1n) is 12.2. The summed E-state index contributed by atoms with van der Waals surface area (Å²) in [6, 6.07) is 33.6. The van der Waals surface area contributed by atoms with Crippen LogP contribution in [0.5, 0.6) is 5.75 Å². The Labute approximate surface area is 218 Å². The van der Waals surface area contributed by atoms with Crippen LogP contribution in [0.2, 0.25) is 0 Å². The maximum absolute atomic E-state index is 12.6. The minimum Gasteiger partial charge on any atom is -0.489 e. The molecular formula is C30H30N2O4S. The van der Waals surface area contributed by atoms with Crippen molar-refractivity contribution in [2.24, 2.45) is 0 Å². The monoisotopic (exact) mass is 514 g/mol. The van der Waals surface area contributed by atoms with Gasteiger partial charge in [0.05, 0.1) is 4.90 Å². The summed E-state index contributed by atoms with van der Waals surface area (Å²) in [6.07, 6.45) is 1.41. The lowest BCUT2D eigenvalue weighted by Gasteiger charge is -2.09. The maximum Gasteiger partial charge on any atom is 0.240 e. The third kappa shape index (κ3) is 8.31. The second-order valence-electron chi connectivity index (χ2n) is 8.62. The van der Waals surface area contributed by atoms with Gasteiger partial charge in [-0.05, 0) is 65.9 Å². The normalized spacial score (nSPS) is 11.1. The van der Waals surface area contributed by atoms with Crippen LogP contribution in [0.15, 0.2) is 114 Å². The first-order valence-corrected chi connectivity index (χ1v) is 13.7. The lowest BCUT2D eigenvalue weighted by atomic mass is 10.1. The SMILES string of the molecule is O=C(CCc1ccc(S(=O)(=O)NCCc2ccccc2)cc1)Nc1ccc(OCc2ccccc2)cc1. The van der Waals surface area contributed by atoms with Crippen molar-refractivity contribution in [3.8, 4) is 5.75 Å².